The molecule has 0 spiro atoms. The molecular formula is C38H25N3. The van der Waals surface area contributed by atoms with Crippen molar-refractivity contribution >= 4 is 32.6 Å². The minimum Gasteiger partial charge on any atom is -0.277 e. The molecule has 0 atom stereocenters. The van der Waals surface area contributed by atoms with Crippen LogP contribution in [0.4, 0.5) is 0 Å². The van der Waals surface area contributed by atoms with Crippen LogP contribution in [0, 0.1) is 0 Å². The predicted molar refractivity (Wildman–Crippen MR) is 170 cm³/mol. The number of hydrogen-bond acceptors (Lipinski definition) is 2. The molecule has 192 valence electrons. The number of rotatable bonds is 4. The molecule has 0 aliphatic rings. The van der Waals surface area contributed by atoms with Crippen LogP contribution in [0.1, 0.15) is 0 Å². The molecule has 41 heavy (non-hydrogen) atoms. The van der Waals surface area contributed by atoms with E-state index in [9.17, 15) is 0 Å². The van der Waals surface area contributed by atoms with Crippen molar-refractivity contribution in [1.29, 1.82) is 0 Å². The summed E-state index contributed by atoms with van der Waals surface area (Å²) >= 11 is 0. The summed E-state index contributed by atoms with van der Waals surface area (Å²) in [4.78, 5) is 9.86. The van der Waals surface area contributed by atoms with Gasteiger partial charge in [-0.25, -0.2) is 9.97 Å². The Morgan fingerprint density at radius 1 is 0.415 bits per heavy atom. The third-order valence-corrected chi connectivity index (χ3v) is 7.91. The van der Waals surface area contributed by atoms with Gasteiger partial charge in [-0.05, 0) is 39.8 Å². The van der Waals surface area contributed by atoms with Crippen LogP contribution in [0.2, 0.25) is 0 Å². The largest absolute Gasteiger partial charge is 0.277 e. The first-order valence-corrected chi connectivity index (χ1v) is 13.8. The van der Waals surface area contributed by atoms with Gasteiger partial charge in [-0.15, -0.1) is 0 Å². The van der Waals surface area contributed by atoms with E-state index in [0.29, 0.717) is 5.95 Å². The highest BCUT2D eigenvalue weighted by molar-refractivity contribution is 6.18. The van der Waals surface area contributed by atoms with E-state index >= 15 is 0 Å². The monoisotopic (exact) mass is 523 g/mol. The lowest BCUT2D eigenvalue weighted by molar-refractivity contribution is 0.994. The third kappa shape index (κ3) is 3.98. The molecule has 0 fully saturated rings. The molecule has 0 unspecified atom stereocenters. The number of benzene rings is 6. The third-order valence-electron chi connectivity index (χ3n) is 7.91. The first-order valence-electron chi connectivity index (χ1n) is 13.8. The molecule has 0 amide bonds. The van der Waals surface area contributed by atoms with Gasteiger partial charge in [0.2, 0.25) is 5.95 Å². The number of hydrogen-bond donors (Lipinski definition) is 0. The Morgan fingerprint density at radius 3 is 1.73 bits per heavy atom. The summed E-state index contributed by atoms with van der Waals surface area (Å²) in [6.07, 6.45) is 1.86. The number of fused-ring (bicyclic) bond motifs is 5. The summed E-state index contributed by atoms with van der Waals surface area (Å²) in [5.41, 5.74) is 9.01. The molecule has 8 rings (SSSR count). The van der Waals surface area contributed by atoms with Gasteiger partial charge in [0, 0.05) is 27.9 Å². The Kier molecular flexibility index (Phi) is 5.46. The fraction of sp³-hybridized carbons (Fsp3) is 0. The molecular weight excluding hydrogens is 498 g/mol. The molecule has 6 aromatic carbocycles. The molecule has 2 heterocycles. The Hall–Kier alpha value is -5.54. The summed E-state index contributed by atoms with van der Waals surface area (Å²) < 4.78 is 2.21. The molecule has 3 heteroatoms. The van der Waals surface area contributed by atoms with Gasteiger partial charge in [0.05, 0.1) is 16.7 Å². The van der Waals surface area contributed by atoms with Crippen molar-refractivity contribution in [3.8, 4) is 39.5 Å². The SMILES string of the molecule is c1ccc(-c2ccc(-c3ccc(-c4ccnc(-n5c6ccccc6c6ccc7ccccc7c65)n4)cc3)cc2)cc1. The predicted octanol–water partition coefficient (Wildman–Crippen LogP) is 9.73. The van der Waals surface area contributed by atoms with Gasteiger partial charge in [0.25, 0.3) is 0 Å². The van der Waals surface area contributed by atoms with Crippen molar-refractivity contribution in [3.63, 3.8) is 0 Å². The van der Waals surface area contributed by atoms with E-state index in [1.54, 1.807) is 0 Å². The highest BCUT2D eigenvalue weighted by Crippen LogP contribution is 2.36. The average molecular weight is 524 g/mol. The quantitative estimate of drug-likeness (QED) is 0.230. The normalized spacial score (nSPS) is 11.4. The fourth-order valence-electron chi connectivity index (χ4n) is 5.87. The van der Waals surface area contributed by atoms with Crippen LogP contribution in [0.15, 0.2) is 152 Å². The highest BCUT2D eigenvalue weighted by Gasteiger charge is 2.16. The van der Waals surface area contributed by atoms with Crippen LogP contribution < -0.4 is 0 Å². The number of aromatic nitrogens is 3. The maximum absolute atomic E-state index is 5.09. The molecule has 8 aromatic rings. The molecule has 0 saturated heterocycles. The van der Waals surface area contributed by atoms with Crippen molar-refractivity contribution in [2.24, 2.45) is 0 Å². The Labute approximate surface area is 238 Å². The Morgan fingerprint density at radius 2 is 1.00 bits per heavy atom. The smallest absolute Gasteiger partial charge is 0.235 e. The van der Waals surface area contributed by atoms with Crippen LogP contribution in [0.5, 0.6) is 0 Å². The van der Waals surface area contributed by atoms with Crippen molar-refractivity contribution in [2.75, 3.05) is 0 Å². The summed E-state index contributed by atoms with van der Waals surface area (Å²) in [6.45, 7) is 0. The van der Waals surface area contributed by atoms with E-state index in [-0.39, 0.29) is 0 Å². The van der Waals surface area contributed by atoms with Crippen molar-refractivity contribution in [2.45, 2.75) is 0 Å². The first kappa shape index (κ1) is 23.4. The molecule has 2 aromatic heterocycles. The second-order valence-corrected chi connectivity index (χ2v) is 10.3. The standard InChI is InChI=1S/C38H25N3/c1-2-8-26(9-3-1)27-14-16-28(17-15-27)29-18-20-31(21-19-29)35-24-25-39-38(40-35)41-36-13-7-6-12-33(36)34-23-22-30-10-4-5-11-32(30)37(34)41/h1-25H. The molecule has 0 aliphatic heterocycles. The minimum atomic E-state index is 0.672. The second-order valence-electron chi connectivity index (χ2n) is 10.3. The van der Waals surface area contributed by atoms with E-state index in [2.05, 4.69) is 138 Å². The summed E-state index contributed by atoms with van der Waals surface area (Å²) in [5, 5.41) is 4.80. The topological polar surface area (TPSA) is 30.7 Å². The van der Waals surface area contributed by atoms with E-state index in [0.717, 1.165) is 22.3 Å². The average Bonchev–Trinajstić information content (AvgIpc) is 3.40. The van der Waals surface area contributed by atoms with Gasteiger partial charge in [-0.2, -0.15) is 0 Å². The molecule has 0 radical (unpaired) electrons. The van der Waals surface area contributed by atoms with Gasteiger partial charge >= 0.3 is 0 Å². The van der Waals surface area contributed by atoms with Gasteiger partial charge in [0.15, 0.2) is 0 Å². The minimum absolute atomic E-state index is 0.672. The maximum atomic E-state index is 5.09. The lowest BCUT2D eigenvalue weighted by Crippen LogP contribution is -2.02. The van der Waals surface area contributed by atoms with Crippen LogP contribution >= 0.6 is 0 Å². The first-order chi connectivity index (χ1) is 20.3. The summed E-state index contributed by atoms with van der Waals surface area (Å²) in [5.74, 6) is 0.672. The summed E-state index contributed by atoms with van der Waals surface area (Å²) in [6, 6.07) is 51.3. The van der Waals surface area contributed by atoms with Gasteiger partial charge in [0.1, 0.15) is 0 Å². The zero-order valence-electron chi connectivity index (χ0n) is 22.3. The lowest BCUT2D eigenvalue weighted by atomic mass is 9.99. The lowest BCUT2D eigenvalue weighted by Gasteiger charge is -2.10. The second kappa shape index (κ2) is 9.58. The fourth-order valence-corrected chi connectivity index (χ4v) is 5.87. The maximum Gasteiger partial charge on any atom is 0.235 e. The highest BCUT2D eigenvalue weighted by atomic mass is 15.2. The van der Waals surface area contributed by atoms with Crippen molar-refractivity contribution in [3.05, 3.63) is 152 Å². The van der Waals surface area contributed by atoms with E-state index in [1.165, 1.54) is 43.8 Å². The van der Waals surface area contributed by atoms with Gasteiger partial charge < -0.3 is 0 Å². The molecule has 0 bridgehead atoms. The zero-order chi connectivity index (χ0) is 27.2. The van der Waals surface area contributed by atoms with Crippen LogP contribution in [-0.2, 0) is 0 Å². The van der Waals surface area contributed by atoms with Crippen LogP contribution in [0.25, 0.3) is 72.0 Å². The Balaban J connectivity index is 1.19. The van der Waals surface area contributed by atoms with Crippen molar-refractivity contribution in [1.82, 2.24) is 14.5 Å². The number of para-hydroxylation sites is 1. The van der Waals surface area contributed by atoms with Gasteiger partial charge in [-0.1, -0.05) is 133 Å². The molecule has 0 aliphatic carbocycles. The number of nitrogens with zero attached hydrogens (tertiary/aromatic N) is 3. The Bertz CT molecular complexity index is 2180. The van der Waals surface area contributed by atoms with E-state index < -0.39 is 0 Å². The zero-order valence-corrected chi connectivity index (χ0v) is 22.3. The summed E-state index contributed by atoms with van der Waals surface area (Å²) in [7, 11) is 0. The van der Waals surface area contributed by atoms with Gasteiger partial charge in [-0.3, -0.25) is 4.57 Å². The van der Waals surface area contributed by atoms with E-state index in [1.807, 2.05) is 18.3 Å². The molecule has 3 nitrogen and oxygen atoms in total. The van der Waals surface area contributed by atoms with Crippen molar-refractivity contribution < 1.29 is 0 Å². The molecule has 0 saturated carbocycles. The molecule has 0 N–H and O–H groups in total. The van der Waals surface area contributed by atoms with Crippen LogP contribution in [0.3, 0.4) is 0 Å². The van der Waals surface area contributed by atoms with E-state index in [4.69, 9.17) is 9.97 Å². The van der Waals surface area contributed by atoms with Crippen LogP contribution in [-0.4, -0.2) is 14.5 Å².